The summed E-state index contributed by atoms with van der Waals surface area (Å²) >= 11 is 0. The van der Waals surface area contributed by atoms with Gasteiger partial charge in [0.2, 0.25) is 0 Å². The maximum atomic E-state index is 13.0. The second-order valence-electron chi connectivity index (χ2n) is 4.40. The number of methoxy groups -OCH3 is 3. The molecule has 4 nitrogen and oxygen atoms in total. The van der Waals surface area contributed by atoms with Crippen LogP contribution in [0.1, 0.15) is 17.2 Å². The van der Waals surface area contributed by atoms with Crippen molar-refractivity contribution < 1.29 is 23.7 Å². The number of halogens is 1. The van der Waals surface area contributed by atoms with E-state index in [1.54, 1.807) is 12.1 Å². The maximum Gasteiger partial charge on any atom is 0.164 e. The number of aliphatic hydroxyl groups is 1. The van der Waals surface area contributed by atoms with Gasteiger partial charge >= 0.3 is 0 Å². The number of hydrogen-bond donors (Lipinski definition) is 1. The van der Waals surface area contributed by atoms with E-state index in [2.05, 4.69) is 0 Å². The van der Waals surface area contributed by atoms with Gasteiger partial charge in [-0.3, -0.25) is 0 Å². The molecule has 0 spiro atoms. The van der Waals surface area contributed by atoms with Crippen molar-refractivity contribution in [2.75, 3.05) is 21.3 Å². The van der Waals surface area contributed by atoms with Crippen LogP contribution in [0.15, 0.2) is 36.4 Å². The largest absolute Gasteiger partial charge is 0.496 e. The van der Waals surface area contributed by atoms with E-state index in [4.69, 9.17) is 14.2 Å². The first-order valence-electron chi connectivity index (χ1n) is 6.34. The fraction of sp³-hybridized carbons (Fsp3) is 0.250. The molecule has 0 aliphatic rings. The number of ether oxygens (including phenoxy) is 3. The van der Waals surface area contributed by atoms with Crippen LogP contribution in [0.3, 0.4) is 0 Å². The molecule has 1 atom stereocenters. The zero-order valence-corrected chi connectivity index (χ0v) is 12.1. The Morgan fingerprint density at radius 3 is 1.90 bits per heavy atom. The zero-order valence-electron chi connectivity index (χ0n) is 12.1. The van der Waals surface area contributed by atoms with E-state index in [0.29, 0.717) is 28.4 Å². The van der Waals surface area contributed by atoms with Gasteiger partial charge in [0.15, 0.2) is 11.5 Å². The van der Waals surface area contributed by atoms with Crippen LogP contribution in [0.5, 0.6) is 17.2 Å². The van der Waals surface area contributed by atoms with Crippen molar-refractivity contribution in [3.63, 3.8) is 0 Å². The third-order valence-corrected chi connectivity index (χ3v) is 3.22. The molecule has 2 rings (SSSR count). The Kier molecular flexibility index (Phi) is 4.65. The van der Waals surface area contributed by atoms with Gasteiger partial charge in [-0.1, -0.05) is 12.1 Å². The monoisotopic (exact) mass is 292 g/mol. The van der Waals surface area contributed by atoms with Crippen molar-refractivity contribution in [2.24, 2.45) is 0 Å². The lowest BCUT2D eigenvalue weighted by Crippen LogP contribution is -2.04. The van der Waals surface area contributed by atoms with Crippen LogP contribution < -0.4 is 14.2 Å². The van der Waals surface area contributed by atoms with Gasteiger partial charge in [-0.15, -0.1) is 0 Å². The fourth-order valence-electron chi connectivity index (χ4n) is 2.09. The molecule has 0 saturated heterocycles. The highest BCUT2D eigenvalue weighted by Gasteiger charge is 2.19. The molecular weight excluding hydrogens is 275 g/mol. The van der Waals surface area contributed by atoms with Gasteiger partial charge in [0.25, 0.3) is 0 Å². The number of rotatable bonds is 5. The molecule has 2 aromatic carbocycles. The Hall–Kier alpha value is -2.27. The van der Waals surface area contributed by atoms with Crippen molar-refractivity contribution in [3.05, 3.63) is 53.3 Å². The Morgan fingerprint density at radius 2 is 1.38 bits per heavy atom. The van der Waals surface area contributed by atoms with Gasteiger partial charge in [-0.05, 0) is 23.8 Å². The van der Waals surface area contributed by atoms with E-state index in [9.17, 15) is 9.50 Å². The first-order chi connectivity index (χ1) is 10.1. The quantitative estimate of drug-likeness (QED) is 0.920. The molecule has 21 heavy (non-hydrogen) atoms. The van der Waals surface area contributed by atoms with E-state index in [1.165, 1.54) is 45.6 Å². The predicted octanol–water partition coefficient (Wildman–Crippen LogP) is 2.93. The van der Waals surface area contributed by atoms with Crippen LogP contribution in [0.4, 0.5) is 4.39 Å². The molecule has 0 fully saturated rings. The molecule has 0 saturated carbocycles. The van der Waals surface area contributed by atoms with Crippen molar-refractivity contribution >= 4 is 0 Å². The third kappa shape index (κ3) is 3.08. The van der Waals surface area contributed by atoms with Crippen molar-refractivity contribution in [1.82, 2.24) is 0 Å². The topological polar surface area (TPSA) is 47.9 Å². The minimum absolute atomic E-state index is 0.356. The van der Waals surface area contributed by atoms with E-state index in [0.717, 1.165) is 0 Å². The van der Waals surface area contributed by atoms with Crippen molar-refractivity contribution in [3.8, 4) is 17.2 Å². The predicted molar refractivity (Wildman–Crippen MR) is 76.6 cm³/mol. The average molecular weight is 292 g/mol. The van der Waals surface area contributed by atoms with Crippen LogP contribution in [0.2, 0.25) is 0 Å². The summed E-state index contributed by atoms with van der Waals surface area (Å²) in [6.45, 7) is 0. The highest BCUT2D eigenvalue weighted by molar-refractivity contribution is 5.53. The second kappa shape index (κ2) is 6.45. The first-order valence-corrected chi connectivity index (χ1v) is 6.34. The molecule has 0 amide bonds. The Balaban J connectivity index is 2.48. The smallest absolute Gasteiger partial charge is 0.164 e. The van der Waals surface area contributed by atoms with Gasteiger partial charge in [0, 0.05) is 11.6 Å². The highest BCUT2D eigenvalue weighted by atomic mass is 19.1. The molecular formula is C16H17FO4. The van der Waals surface area contributed by atoms with Gasteiger partial charge in [-0.25, -0.2) is 4.39 Å². The van der Waals surface area contributed by atoms with E-state index in [-0.39, 0.29) is 5.82 Å². The summed E-state index contributed by atoms with van der Waals surface area (Å²) in [5.74, 6) is 1.09. The molecule has 0 aliphatic heterocycles. The maximum absolute atomic E-state index is 13.0. The van der Waals surface area contributed by atoms with Gasteiger partial charge in [-0.2, -0.15) is 0 Å². The summed E-state index contributed by atoms with van der Waals surface area (Å²) in [7, 11) is 4.54. The second-order valence-corrected chi connectivity index (χ2v) is 4.40. The van der Waals surface area contributed by atoms with E-state index < -0.39 is 6.10 Å². The van der Waals surface area contributed by atoms with Crippen LogP contribution in [-0.4, -0.2) is 26.4 Å². The Bertz CT molecular complexity index is 610. The fourth-order valence-corrected chi connectivity index (χ4v) is 2.09. The minimum atomic E-state index is -0.958. The average Bonchev–Trinajstić information content (AvgIpc) is 2.53. The Labute approximate surface area is 122 Å². The van der Waals surface area contributed by atoms with Crippen LogP contribution in [0.25, 0.3) is 0 Å². The van der Waals surface area contributed by atoms with Crippen LogP contribution in [0, 0.1) is 5.82 Å². The molecule has 1 unspecified atom stereocenters. The van der Waals surface area contributed by atoms with E-state index >= 15 is 0 Å². The molecule has 1 N–H and O–H groups in total. The van der Waals surface area contributed by atoms with Crippen LogP contribution >= 0.6 is 0 Å². The molecule has 2 aromatic rings. The van der Waals surface area contributed by atoms with Gasteiger partial charge in [0.1, 0.15) is 17.7 Å². The van der Waals surface area contributed by atoms with Gasteiger partial charge < -0.3 is 19.3 Å². The Morgan fingerprint density at radius 1 is 0.857 bits per heavy atom. The highest BCUT2D eigenvalue weighted by Crippen LogP contribution is 2.39. The number of aliphatic hydroxyl groups excluding tert-OH is 1. The molecule has 112 valence electrons. The lowest BCUT2D eigenvalue weighted by atomic mass is 10.00. The molecule has 0 radical (unpaired) electrons. The summed E-state index contributed by atoms with van der Waals surface area (Å²) in [5.41, 5.74) is 1.07. The summed E-state index contributed by atoms with van der Waals surface area (Å²) in [4.78, 5) is 0. The summed E-state index contributed by atoms with van der Waals surface area (Å²) < 4.78 is 28.7. The molecule has 0 aromatic heterocycles. The summed E-state index contributed by atoms with van der Waals surface area (Å²) in [6, 6.07) is 8.93. The summed E-state index contributed by atoms with van der Waals surface area (Å²) in [6.07, 6.45) is -0.958. The molecule has 0 heterocycles. The molecule has 0 aliphatic carbocycles. The number of hydrogen-bond acceptors (Lipinski definition) is 4. The van der Waals surface area contributed by atoms with E-state index in [1.807, 2.05) is 0 Å². The number of benzene rings is 2. The van der Waals surface area contributed by atoms with Gasteiger partial charge in [0.05, 0.1) is 21.3 Å². The van der Waals surface area contributed by atoms with Crippen molar-refractivity contribution in [2.45, 2.75) is 6.10 Å². The zero-order chi connectivity index (χ0) is 15.4. The van der Waals surface area contributed by atoms with Crippen LogP contribution in [-0.2, 0) is 0 Å². The summed E-state index contributed by atoms with van der Waals surface area (Å²) in [5, 5.41) is 10.5. The lowest BCUT2D eigenvalue weighted by Gasteiger charge is -2.18. The third-order valence-electron chi connectivity index (χ3n) is 3.22. The van der Waals surface area contributed by atoms with Crippen molar-refractivity contribution in [1.29, 1.82) is 0 Å². The first kappa shape index (κ1) is 15.1. The minimum Gasteiger partial charge on any atom is -0.496 e. The molecule has 0 bridgehead atoms. The molecule has 5 heteroatoms. The normalized spacial score (nSPS) is 11.9. The lowest BCUT2D eigenvalue weighted by molar-refractivity contribution is 0.213. The SMILES string of the molecule is COc1cc(OC)c(C(O)c2ccc(F)cc2)cc1OC. The standard InChI is InChI=1S/C16H17FO4/c1-19-13-9-15(21-3)14(20-2)8-12(13)16(18)10-4-6-11(17)7-5-10/h4-9,16,18H,1-3H3.